The minimum atomic E-state index is -0.873. The SMILES string of the molecule is CC(C)(O)C(N)Cc1ccc(OCc2ccccc2)cc1. The summed E-state index contributed by atoms with van der Waals surface area (Å²) < 4.78 is 5.74. The molecule has 0 saturated carbocycles. The van der Waals surface area contributed by atoms with E-state index in [0.29, 0.717) is 13.0 Å². The molecule has 3 N–H and O–H groups in total. The van der Waals surface area contributed by atoms with Crippen molar-refractivity contribution in [1.29, 1.82) is 0 Å². The highest BCUT2D eigenvalue weighted by atomic mass is 16.5. The average Bonchev–Trinajstić information content (AvgIpc) is 2.46. The lowest BCUT2D eigenvalue weighted by atomic mass is 9.93. The van der Waals surface area contributed by atoms with Crippen LogP contribution < -0.4 is 10.5 Å². The summed E-state index contributed by atoms with van der Waals surface area (Å²) in [6, 6.07) is 17.6. The summed E-state index contributed by atoms with van der Waals surface area (Å²) in [4.78, 5) is 0. The second-order valence-corrected chi connectivity index (χ2v) is 5.88. The number of rotatable bonds is 6. The molecule has 0 heterocycles. The molecule has 112 valence electrons. The van der Waals surface area contributed by atoms with E-state index in [9.17, 15) is 5.11 Å². The van der Waals surface area contributed by atoms with Gasteiger partial charge in [0.1, 0.15) is 12.4 Å². The van der Waals surface area contributed by atoms with E-state index in [4.69, 9.17) is 10.5 Å². The van der Waals surface area contributed by atoms with Crippen molar-refractivity contribution in [2.45, 2.75) is 38.5 Å². The summed E-state index contributed by atoms with van der Waals surface area (Å²) in [5, 5.41) is 9.86. The second-order valence-electron chi connectivity index (χ2n) is 5.88. The number of benzene rings is 2. The highest BCUT2D eigenvalue weighted by Crippen LogP contribution is 2.17. The molecule has 3 nitrogen and oxygen atoms in total. The van der Waals surface area contributed by atoms with Gasteiger partial charge in [0.2, 0.25) is 0 Å². The first-order valence-corrected chi connectivity index (χ1v) is 7.19. The van der Waals surface area contributed by atoms with Crippen molar-refractivity contribution in [2.24, 2.45) is 5.73 Å². The van der Waals surface area contributed by atoms with Crippen LogP contribution in [0.3, 0.4) is 0 Å². The van der Waals surface area contributed by atoms with Gasteiger partial charge in [0.25, 0.3) is 0 Å². The Labute approximate surface area is 126 Å². The van der Waals surface area contributed by atoms with Gasteiger partial charge in [-0.15, -0.1) is 0 Å². The van der Waals surface area contributed by atoms with E-state index in [2.05, 4.69) is 0 Å². The maximum atomic E-state index is 9.86. The van der Waals surface area contributed by atoms with Crippen molar-refractivity contribution in [1.82, 2.24) is 0 Å². The highest BCUT2D eigenvalue weighted by Gasteiger charge is 2.22. The van der Waals surface area contributed by atoms with Crippen molar-refractivity contribution in [2.75, 3.05) is 0 Å². The molecule has 0 aliphatic heterocycles. The van der Waals surface area contributed by atoms with Crippen LogP contribution in [-0.2, 0) is 13.0 Å². The third kappa shape index (κ3) is 4.88. The summed E-state index contributed by atoms with van der Waals surface area (Å²) in [5.41, 5.74) is 7.34. The van der Waals surface area contributed by atoms with Crippen LogP contribution in [0, 0.1) is 0 Å². The van der Waals surface area contributed by atoms with E-state index in [1.54, 1.807) is 13.8 Å². The van der Waals surface area contributed by atoms with Crippen LogP contribution >= 0.6 is 0 Å². The number of hydrogen-bond donors (Lipinski definition) is 2. The molecule has 3 heteroatoms. The Balaban J connectivity index is 1.90. The van der Waals surface area contributed by atoms with Crippen LogP contribution in [0.1, 0.15) is 25.0 Å². The molecule has 21 heavy (non-hydrogen) atoms. The monoisotopic (exact) mass is 285 g/mol. The molecule has 0 fully saturated rings. The maximum Gasteiger partial charge on any atom is 0.119 e. The van der Waals surface area contributed by atoms with E-state index in [-0.39, 0.29) is 6.04 Å². The molecule has 1 unspecified atom stereocenters. The van der Waals surface area contributed by atoms with Gasteiger partial charge in [0, 0.05) is 6.04 Å². The van der Waals surface area contributed by atoms with E-state index in [1.165, 1.54) is 0 Å². The van der Waals surface area contributed by atoms with Crippen molar-refractivity contribution >= 4 is 0 Å². The van der Waals surface area contributed by atoms with E-state index >= 15 is 0 Å². The van der Waals surface area contributed by atoms with Crippen LogP contribution in [0.4, 0.5) is 0 Å². The molecule has 2 aromatic rings. The third-order valence-corrected chi connectivity index (χ3v) is 3.53. The Morgan fingerprint density at radius 1 is 1.00 bits per heavy atom. The van der Waals surface area contributed by atoms with E-state index < -0.39 is 5.60 Å². The third-order valence-electron chi connectivity index (χ3n) is 3.53. The van der Waals surface area contributed by atoms with Crippen LogP contribution in [0.25, 0.3) is 0 Å². The molecular formula is C18H23NO2. The number of hydrogen-bond acceptors (Lipinski definition) is 3. The van der Waals surface area contributed by atoms with Gasteiger partial charge in [-0.25, -0.2) is 0 Å². The topological polar surface area (TPSA) is 55.5 Å². The summed E-state index contributed by atoms with van der Waals surface area (Å²) in [5.74, 6) is 0.833. The Kier molecular flexibility index (Phi) is 4.99. The molecule has 1 atom stereocenters. The predicted octanol–water partition coefficient (Wildman–Crippen LogP) is 2.91. The molecule has 2 rings (SSSR count). The van der Waals surface area contributed by atoms with Crippen LogP contribution in [0.2, 0.25) is 0 Å². The van der Waals surface area contributed by atoms with Gasteiger partial charge >= 0.3 is 0 Å². The minimum absolute atomic E-state index is 0.284. The summed E-state index contributed by atoms with van der Waals surface area (Å²) in [6.07, 6.45) is 0.641. The van der Waals surface area contributed by atoms with Crippen LogP contribution in [-0.4, -0.2) is 16.7 Å². The van der Waals surface area contributed by atoms with Gasteiger partial charge in [0.15, 0.2) is 0 Å². The lowest BCUT2D eigenvalue weighted by Gasteiger charge is -2.25. The number of nitrogens with two attached hydrogens (primary N) is 1. The van der Waals surface area contributed by atoms with Crippen LogP contribution in [0.5, 0.6) is 5.75 Å². The van der Waals surface area contributed by atoms with Crippen molar-refractivity contribution in [3.8, 4) is 5.75 Å². The molecule has 0 aromatic heterocycles. The number of aliphatic hydroxyl groups is 1. The smallest absolute Gasteiger partial charge is 0.119 e. The van der Waals surface area contributed by atoms with Crippen molar-refractivity contribution in [3.63, 3.8) is 0 Å². The second kappa shape index (κ2) is 6.74. The average molecular weight is 285 g/mol. The molecule has 0 radical (unpaired) electrons. The number of ether oxygens (including phenoxy) is 1. The van der Waals surface area contributed by atoms with Crippen molar-refractivity contribution in [3.05, 3.63) is 65.7 Å². The van der Waals surface area contributed by atoms with E-state index in [0.717, 1.165) is 16.9 Å². The lowest BCUT2D eigenvalue weighted by molar-refractivity contribution is 0.0521. The Morgan fingerprint density at radius 3 is 2.19 bits per heavy atom. The maximum absolute atomic E-state index is 9.86. The normalized spacial score (nSPS) is 13.0. The van der Waals surface area contributed by atoms with Crippen LogP contribution in [0.15, 0.2) is 54.6 Å². The standard InChI is InChI=1S/C18H23NO2/c1-18(2,20)17(19)12-14-8-10-16(11-9-14)21-13-15-6-4-3-5-7-15/h3-11,17,20H,12-13,19H2,1-2H3. The largest absolute Gasteiger partial charge is 0.489 e. The predicted molar refractivity (Wildman–Crippen MR) is 85.2 cm³/mol. The van der Waals surface area contributed by atoms with Gasteiger partial charge < -0.3 is 15.6 Å². The summed E-state index contributed by atoms with van der Waals surface area (Å²) >= 11 is 0. The Hall–Kier alpha value is -1.84. The molecule has 0 saturated heterocycles. The van der Waals surface area contributed by atoms with Gasteiger partial charge in [-0.1, -0.05) is 42.5 Å². The first kappa shape index (κ1) is 15.5. The zero-order chi connectivity index (χ0) is 15.3. The summed E-state index contributed by atoms with van der Waals surface area (Å²) in [6.45, 7) is 4.02. The van der Waals surface area contributed by atoms with Gasteiger partial charge in [-0.2, -0.15) is 0 Å². The zero-order valence-electron chi connectivity index (χ0n) is 12.6. The fourth-order valence-corrected chi connectivity index (χ4v) is 1.97. The molecule has 0 aliphatic rings. The fourth-order valence-electron chi connectivity index (χ4n) is 1.97. The van der Waals surface area contributed by atoms with Crippen molar-refractivity contribution < 1.29 is 9.84 Å². The lowest BCUT2D eigenvalue weighted by Crippen LogP contribution is -2.44. The fraction of sp³-hybridized carbons (Fsp3) is 0.333. The molecule has 0 aliphatic carbocycles. The summed E-state index contributed by atoms with van der Waals surface area (Å²) in [7, 11) is 0. The first-order valence-electron chi connectivity index (χ1n) is 7.19. The van der Waals surface area contributed by atoms with Gasteiger partial charge in [0.05, 0.1) is 5.60 Å². The molecule has 0 amide bonds. The zero-order valence-corrected chi connectivity index (χ0v) is 12.6. The first-order chi connectivity index (χ1) is 9.95. The quantitative estimate of drug-likeness (QED) is 0.858. The van der Waals surface area contributed by atoms with E-state index in [1.807, 2.05) is 54.6 Å². The molecular weight excluding hydrogens is 262 g/mol. The molecule has 0 spiro atoms. The van der Waals surface area contributed by atoms with Gasteiger partial charge in [-0.05, 0) is 43.5 Å². The molecule has 0 bridgehead atoms. The van der Waals surface area contributed by atoms with Gasteiger partial charge in [-0.3, -0.25) is 0 Å². The Bertz CT molecular complexity index is 544. The molecule has 2 aromatic carbocycles. The minimum Gasteiger partial charge on any atom is -0.489 e. The highest BCUT2D eigenvalue weighted by molar-refractivity contribution is 5.28. The Morgan fingerprint density at radius 2 is 1.62 bits per heavy atom.